The minimum atomic E-state index is -0.747. The van der Waals surface area contributed by atoms with Crippen LogP contribution in [0.1, 0.15) is 44.9 Å². The maximum atomic E-state index is 13.1. The highest BCUT2D eigenvalue weighted by Gasteiger charge is 2.48. The molecule has 0 bridgehead atoms. The largest absolute Gasteiger partial charge is 0.409 e. The maximum absolute atomic E-state index is 13.1. The van der Waals surface area contributed by atoms with Crippen LogP contribution in [0.3, 0.4) is 0 Å². The Morgan fingerprint density at radius 1 is 1.14 bits per heavy atom. The fraction of sp³-hybridized carbons (Fsp3) is 0.867. The maximum Gasteiger partial charge on any atom is 0.236 e. The standard InChI is InChI=1S/C15H26N4O2/c16-13(17-21)15(6-1-2-7-15)14(20)19-10-4-9-18-8-3-5-12(18)11-19/h12,21H,1-11H2,(H2,16,17). The van der Waals surface area contributed by atoms with Gasteiger partial charge in [-0.3, -0.25) is 9.69 Å². The van der Waals surface area contributed by atoms with Crippen molar-refractivity contribution in [1.82, 2.24) is 9.80 Å². The smallest absolute Gasteiger partial charge is 0.236 e. The van der Waals surface area contributed by atoms with Crippen molar-refractivity contribution in [2.45, 2.75) is 51.0 Å². The predicted molar refractivity (Wildman–Crippen MR) is 80.1 cm³/mol. The van der Waals surface area contributed by atoms with E-state index in [-0.39, 0.29) is 11.7 Å². The quantitative estimate of drug-likeness (QED) is 0.344. The molecule has 0 radical (unpaired) electrons. The van der Waals surface area contributed by atoms with Crippen LogP contribution in [0.2, 0.25) is 0 Å². The average Bonchev–Trinajstić information content (AvgIpc) is 3.12. The molecule has 1 unspecified atom stereocenters. The summed E-state index contributed by atoms with van der Waals surface area (Å²) >= 11 is 0. The SMILES string of the molecule is NC(=NO)C1(C(=O)N2CCCN3CCCC3C2)CCCC1. The number of amidine groups is 1. The minimum absolute atomic E-state index is 0.0871. The molecule has 0 aromatic rings. The van der Waals surface area contributed by atoms with E-state index in [2.05, 4.69) is 10.1 Å². The Morgan fingerprint density at radius 3 is 2.57 bits per heavy atom. The summed E-state index contributed by atoms with van der Waals surface area (Å²) in [5.74, 6) is 0.196. The summed E-state index contributed by atoms with van der Waals surface area (Å²) in [5, 5.41) is 12.3. The minimum Gasteiger partial charge on any atom is -0.409 e. The molecule has 2 aliphatic heterocycles. The average molecular weight is 294 g/mol. The molecule has 0 spiro atoms. The number of rotatable bonds is 2. The summed E-state index contributed by atoms with van der Waals surface area (Å²) in [6.45, 7) is 3.86. The number of oxime groups is 1. The molecule has 2 saturated heterocycles. The molecule has 2 heterocycles. The lowest BCUT2D eigenvalue weighted by molar-refractivity contribution is -0.138. The zero-order valence-corrected chi connectivity index (χ0v) is 12.6. The zero-order valence-electron chi connectivity index (χ0n) is 12.6. The van der Waals surface area contributed by atoms with Crippen molar-refractivity contribution >= 4 is 11.7 Å². The van der Waals surface area contributed by atoms with Crippen LogP contribution in [-0.4, -0.2) is 59.0 Å². The van der Waals surface area contributed by atoms with Gasteiger partial charge in [0.2, 0.25) is 5.91 Å². The number of nitrogens with zero attached hydrogens (tertiary/aromatic N) is 3. The summed E-state index contributed by atoms with van der Waals surface area (Å²) in [7, 11) is 0. The second kappa shape index (κ2) is 5.83. The first-order chi connectivity index (χ1) is 10.2. The molecule has 1 saturated carbocycles. The molecular formula is C15H26N4O2. The van der Waals surface area contributed by atoms with Gasteiger partial charge in [0, 0.05) is 25.7 Å². The molecule has 1 aliphatic carbocycles. The highest BCUT2D eigenvalue weighted by Crippen LogP contribution is 2.40. The molecule has 1 amide bonds. The van der Waals surface area contributed by atoms with E-state index in [0.29, 0.717) is 18.9 Å². The Morgan fingerprint density at radius 2 is 1.86 bits per heavy atom. The molecule has 1 atom stereocenters. The summed E-state index contributed by atoms with van der Waals surface area (Å²) < 4.78 is 0. The van der Waals surface area contributed by atoms with Crippen LogP contribution < -0.4 is 5.73 Å². The van der Waals surface area contributed by atoms with Crippen molar-refractivity contribution in [3.63, 3.8) is 0 Å². The van der Waals surface area contributed by atoms with E-state index in [1.807, 2.05) is 4.90 Å². The van der Waals surface area contributed by atoms with Crippen molar-refractivity contribution in [2.75, 3.05) is 26.2 Å². The summed E-state index contributed by atoms with van der Waals surface area (Å²) in [6.07, 6.45) is 6.82. The number of fused-ring (bicyclic) bond motifs is 1. The van der Waals surface area contributed by atoms with Gasteiger partial charge in [0.15, 0.2) is 5.84 Å². The summed E-state index contributed by atoms with van der Waals surface area (Å²) in [6, 6.07) is 0.502. The third kappa shape index (κ3) is 2.50. The van der Waals surface area contributed by atoms with Crippen molar-refractivity contribution in [2.24, 2.45) is 16.3 Å². The lowest BCUT2D eigenvalue weighted by Gasteiger charge is -2.34. The normalized spacial score (nSPS) is 30.2. The van der Waals surface area contributed by atoms with Crippen molar-refractivity contribution in [1.29, 1.82) is 0 Å². The van der Waals surface area contributed by atoms with E-state index in [9.17, 15) is 4.79 Å². The topological polar surface area (TPSA) is 82.2 Å². The van der Waals surface area contributed by atoms with Crippen LogP contribution in [0.15, 0.2) is 5.16 Å². The second-order valence-electron chi connectivity index (χ2n) is 6.71. The Labute approximate surface area is 125 Å². The molecule has 6 heteroatoms. The van der Waals surface area contributed by atoms with Crippen LogP contribution in [-0.2, 0) is 4.79 Å². The lowest BCUT2D eigenvalue weighted by Crippen LogP contribution is -2.51. The lowest BCUT2D eigenvalue weighted by atomic mass is 9.83. The summed E-state index contributed by atoms with van der Waals surface area (Å²) in [4.78, 5) is 17.6. The van der Waals surface area contributed by atoms with Crippen LogP contribution in [0.5, 0.6) is 0 Å². The van der Waals surface area contributed by atoms with Gasteiger partial charge in [-0.25, -0.2) is 0 Å². The van der Waals surface area contributed by atoms with Gasteiger partial charge in [-0.1, -0.05) is 18.0 Å². The molecule has 3 N–H and O–H groups in total. The van der Waals surface area contributed by atoms with Crippen LogP contribution >= 0.6 is 0 Å². The highest BCUT2D eigenvalue weighted by molar-refractivity contribution is 6.07. The molecule has 21 heavy (non-hydrogen) atoms. The van der Waals surface area contributed by atoms with E-state index in [4.69, 9.17) is 10.9 Å². The fourth-order valence-electron chi connectivity index (χ4n) is 4.35. The first-order valence-electron chi connectivity index (χ1n) is 8.19. The van der Waals surface area contributed by atoms with Crippen molar-refractivity contribution in [3.8, 4) is 0 Å². The number of nitrogens with two attached hydrogens (primary N) is 1. The van der Waals surface area contributed by atoms with Gasteiger partial charge in [-0.15, -0.1) is 0 Å². The van der Waals surface area contributed by atoms with E-state index in [1.165, 1.54) is 12.8 Å². The molecule has 0 aromatic carbocycles. The summed E-state index contributed by atoms with van der Waals surface area (Å²) in [5.41, 5.74) is 5.16. The van der Waals surface area contributed by atoms with E-state index in [0.717, 1.165) is 45.4 Å². The number of amides is 1. The number of carbonyl (C=O) groups excluding carboxylic acids is 1. The fourth-order valence-corrected chi connectivity index (χ4v) is 4.35. The second-order valence-corrected chi connectivity index (χ2v) is 6.71. The van der Waals surface area contributed by atoms with Gasteiger partial charge in [0.25, 0.3) is 0 Å². The van der Waals surface area contributed by atoms with E-state index >= 15 is 0 Å². The third-order valence-corrected chi connectivity index (χ3v) is 5.56. The molecule has 3 rings (SSSR count). The van der Waals surface area contributed by atoms with Gasteiger partial charge in [0.1, 0.15) is 5.41 Å². The molecule has 6 nitrogen and oxygen atoms in total. The van der Waals surface area contributed by atoms with Crippen LogP contribution in [0.4, 0.5) is 0 Å². The Kier molecular flexibility index (Phi) is 4.06. The van der Waals surface area contributed by atoms with E-state index < -0.39 is 5.41 Å². The predicted octanol–water partition coefficient (Wildman–Crippen LogP) is 0.990. The molecule has 3 fully saturated rings. The first kappa shape index (κ1) is 14.6. The van der Waals surface area contributed by atoms with Gasteiger partial charge >= 0.3 is 0 Å². The van der Waals surface area contributed by atoms with Crippen molar-refractivity contribution in [3.05, 3.63) is 0 Å². The van der Waals surface area contributed by atoms with Crippen LogP contribution in [0, 0.1) is 5.41 Å². The Hall–Kier alpha value is -1.30. The van der Waals surface area contributed by atoms with Gasteiger partial charge < -0.3 is 15.8 Å². The molecular weight excluding hydrogens is 268 g/mol. The zero-order chi connectivity index (χ0) is 14.9. The molecule has 3 aliphatic rings. The van der Waals surface area contributed by atoms with Crippen LogP contribution in [0.25, 0.3) is 0 Å². The molecule has 118 valence electrons. The highest BCUT2D eigenvalue weighted by atomic mass is 16.4. The van der Waals surface area contributed by atoms with Crippen molar-refractivity contribution < 1.29 is 10.0 Å². The number of hydrogen-bond donors (Lipinski definition) is 2. The van der Waals surface area contributed by atoms with Gasteiger partial charge in [-0.2, -0.15) is 0 Å². The van der Waals surface area contributed by atoms with E-state index in [1.54, 1.807) is 0 Å². The Bertz CT molecular complexity index is 431. The molecule has 0 aromatic heterocycles. The Balaban J connectivity index is 1.79. The van der Waals surface area contributed by atoms with Gasteiger partial charge in [0.05, 0.1) is 0 Å². The monoisotopic (exact) mass is 294 g/mol. The first-order valence-corrected chi connectivity index (χ1v) is 8.19. The van der Waals surface area contributed by atoms with Gasteiger partial charge in [-0.05, 0) is 38.6 Å². The third-order valence-electron chi connectivity index (χ3n) is 5.56. The number of carbonyl (C=O) groups is 1. The number of hydrogen-bond acceptors (Lipinski definition) is 4.